The molecule has 2 aliphatic rings. The monoisotopic (exact) mass is 314 g/mol. The zero-order valence-corrected chi connectivity index (χ0v) is 13.0. The highest BCUT2D eigenvalue weighted by molar-refractivity contribution is 6.30. The van der Waals surface area contributed by atoms with Crippen molar-refractivity contribution in [3.63, 3.8) is 0 Å². The fraction of sp³-hybridized carbons (Fsp3) is 0.533. The Morgan fingerprint density at radius 1 is 1.15 bits per heavy atom. The second-order valence-electron chi connectivity index (χ2n) is 5.48. The van der Waals surface area contributed by atoms with Crippen LogP contribution in [0.3, 0.4) is 0 Å². The van der Waals surface area contributed by atoms with E-state index < -0.39 is 0 Å². The molecule has 1 saturated heterocycles. The molecule has 110 valence electrons. The van der Waals surface area contributed by atoms with Gasteiger partial charge in [-0.3, -0.25) is 4.79 Å². The van der Waals surface area contributed by atoms with Gasteiger partial charge < -0.3 is 10.2 Å². The number of halogens is 2. The molecule has 0 aromatic heterocycles. The predicted molar refractivity (Wildman–Crippen MR) is 83.7 cm³/mol. The van der Waals surface area contributed by atoms with Crippen LogP contribution in [-0.4, -0.2) is 37.0 Å². The molecule has 1 amide bonds. The maximum atomic E-state index is 12.8. The summed E-state index contributed by atoms with van der Waals surface area (Å²) in [4.78, 5) is 14.8. The van der Waals surface area contributed by atoms with Crippen molar-refractivity contribution in [3.8, 4) is 0 Å². The summed E-state index contributed by atoms with van der Waals surface area (Å²) in [5.41, 5.74) is 0.869. The van der Waals surface area contributed by atoms with E-state index in [1.807, 2.05) is 29.2 Å². The molecule has 1 heterocycles. The molecule has 20 heavy (non-hydrogen) atoms. The van der Waals surface area contributed by atoms with Crippen LogP contribution in [0.5, 0.6) is 0 Å². The van der Waals surface area contributed by atoms with Crippen LogP contribution in [0.4, 0.5) is 0 Å². The summed E-state index contributed by atoms with van der Waals surface area (Å²) >= 11 is 5.93. The first kappa shape index (κ1) is 15.6. The fourth-order valence-electron chi connectivity index (χ4n) is 2.87. The highest BCUT2D eigenvalue weighted by Gasteiger charge is 2.52. The van der Waals surface area contributed by atoms with Crippen LogP contribution in [-0.2, 0) is 10.2 Å². The molecule has 0 radical (unpaired) electrons. The number of amides is 1. The zero-order valence-electron chi connectivity index (χ0n) is 11.4. The summed E-state index contributed by atoms with van der Waals surface area (Å²) < 4.78 is 0. The summed E-state index contributed by atoms with van der Waals surface area (Å²) in [7, 11) is 0. The molecule has 1 aromatic rings. The number of carbonyl (C=O) groups excluding carboxylic acids is 1. The highest BCUT2D eigenvalue weighted by Crippen LogP contribution is 2.49. The molecule has 0 atom stereocenters. The van der Waals surface area contributed by atoms with E-state index in [2.05, 4.69) is 5.32 Å². The standard InChI is InChI=1S/C15H19ClN2O.ClH/c16-13-4-2-12(3-5-13)15(6-7-15)14(19)18-10-1-8-17-9-11-18;/h2-5,17H,1,6-11H2;1H. The third kappa shape index (κ3) is 2.95. The van der Waals surface area contributed by atoms with E-state index in [-0.39, 0.29) is 17.8 Å². The molecule has 1 aromatic carbocycles. The Labute approximate surface area is 131 Å². The van der Waals surface area contributed by atoms with Crippen LogP contribution < -0.4 is 5.32 Å². The van der Waals surface area contributed by atoms with E-state index in [1.165, 1.54) is 0 Å². The van der Waals surface area contributed by atoms with Gasteiger partial charge in [0.1, 0.15) is 0 Å². The number of benzene rings is 1. The molecule has 1 N–H and O–H groups in total. The first-order valence-electron chi connectivity index (χ1n) is 6.98. The molecule has 5 heteroatoms. The van der Waals surface area contributed by atoms with Crippen LogP contribution in [0, 0.1) is 0 Å². The number of nitrogens with one attached hydrogen (secondary N) is 1. The van der Waals surface area contributed by atoms with Gasteiger partial charge in [-0.05, 0) is 43.5 Å². The lowest BCUT2D eigenvalue weighted by Gasteiger charge is -2.26. The second-order valence-corrected chi connectivity index (χ2v) is 5.92. The number of hydrogen-bond donors (Lipinski definition) is 1. The van der Waals surface area contributed by atoms with Crippen LogP contribution in [0.15, 0.2) is 24.3 Å². The van der Waals surface area contributed by atoms with Crippen molar-refractivity contribution in [2.75, 3.05) is 26.2 Å². The molecule has 1 aliphatic heterocycles. The van der Waals surface area contributed by atoms with E-state index in [0.717, 1.165) is 56.0 Å². The number of hydrogen-bond acceptors (Lipinski definition) is 2. The van der Waals surface area contributed by atoms with E-state index in [4.69, 9.17) is 11.6 Å². The highest BCUT2D eigenvalue weighted by atomic mass is 35.5. The summed E-state index contributed by atoms with van der Waals surface area (Å²) in [5.74, 6) is 0.304. The van der Waals surface area contributed by atoms with Gasteiger partial charge in [0, 0.05) is 24.7 Å². The molecular weight excluding hydrogens is 295 g/mol. The SMILES string of the molecule is Cl.O=C(N1CCCNCC1)C1(c2ccc(Cl)cc2)CC1. The Morgan fingerprint density at radius 2 is 1.85 bits per heavy atom. The number of nitrogens with zero attached hydrogens (tertiary/aromatic N) is 1. The normalized spacial score (nSPS) is 20.8. The predicted octanol–water partition coefficient (Wildman–Crippen LogP) is 2.62. The van der Waals surface area contributed by atoms with Crippen molar-refractivity contribution < 1.29 is 4.79 Å². The Balaban J connectivity index is 0.00000147. The zero-order chi connectivity index (χ0) is 13.3. The molecule has 3 rings (SSSR count). The van der Waals surface area contributed by atoms with Crippen molar-refractivity contribution in [3.05, 3.63) is 34.9 Å². The van der Waals surface area contributed by atoms with Gasteiger partial charge in [-0.1, -0.05) is 23.7 Å². The lowest BCUT2D eigenvalue weighted by molar-refractivity contribution is -0.133. The Bertz CT molecular complexity index is 463. The Hall–Kier alpha value is -0.770. The molecule has 3 nitrogen and oxygen atoms in total. The van der Waals surface area contributed by atoms with Crippen LogP contribution in [0.1, 0.15) is 24.8 Å². The largest absolute Gasteiger partial charge is 0.341 e. The van der Waals surface area contributed by atoms with Gasteiger partial charge in [-0.15, -0.1) is 12.4 Å². The summed E-state index contributed by atoms with van der Waals surface area (Å²) in [6, 6.07) is 7.77. The van der Waals surface area contributed by atoms with Gasteiger partial charge in [-0.2, -0.15) is 0 Å². The van der Waals surface area contributed by atoms with E-state index in [0.29, 0.717) is 5.91 Å². The average molecular weight is 315 g/mol. The summed E-state index contributed by atoms with van der Waals surface area (Å²) in [6.45, 7) is 3.62. The minimum atomic E-state index is -0.255. The van der Waals surface area contributed by atoms with Gasteiger partial charge in [0.2, 0.25) is 5.91 Å². The Kier molecular flexibility index (Phi) is 4.95. The van der Waals surface area contributed by atoms with Crippen molar-refractivity contribution in [2.24, 2.45) is 0 Å². The molecule has 0 unspecified atom stereocenters. The second kappa shape index (κ2) is 6.33. The van der Waals surface area contributed by atoms with Crippen molar-refractivity contribution in [2.45, 2.75) is 24.7 Å². The van der Waals surface area contributed by atoms with Crippen LogP contribution in [0.25, 0.3) is 0 Å². The van der Waals surface area contributed by atoms with Crippen LogP contribution >= 0.6 is 24.0 Å². The maximum absolute atomic E-state index is 12.8. The molecule has 2 fully saturated rings. The molecule has 1 saturated carbocycles. The van der Waals surface area contributed by atoms with Gasteiger partial charge in [0.15, 0.2) is 0 Å². The lowest BCUT2D eigenvalue weighted by Crippen LogP contribution is -2.41. The number of carbonyl (C=O) groups is 1. The average Bonchev–Trinajstić information content (AvgIpc) is 3.24. The van der Waals surface area contributed by atoms with E-state index in [9.17, 15) is 4.79 Å². The molecule has 1 aliphatic carbocycles. The van der Waals surface area contributed by atoms with Gasteiger partial charge in [-0.25, -0.2) is 0 Å². The minimum absolute atomic E-state index is 0. The summed E-state index contributed by atoms with van der Waals surface area (Å²) in [6.07, 6.45) is 2.98. The topological polar surface area (TPSA) is 32.3 Å². The van der Waals surface area contributed by atoms with Crippen molar-refractivity contribution in [1.29, 1.82) is 0 Å². The summed E-state index contributed by atoms with van der Waals surface area (Å²) in [5, 5.41) is 4.07. The molecule has 0 bridgehead atoms. The smallest absolute Gasteiger partial charge is 0.233 e. The minimum Gasteiger partial charge on any atom is -0.341 e. The third-order valence-electron chi connectivity index (χ3n) is 4.18. The molecular formula is C15H20Cl2N2O. The third-order valence-corrected chi connectivity index (χ3v) is 4.44. The fourth-order valence-corrected chi connectivity index (χ4v) is 3.00. The van der Waals surface area contributed by atoms with E-state index in [1.54, 1.807) is 0 Å². The maximum Gasteiger partial charge on any atom is 0.233 e. The first-order valence-corrected chi connectivity index (χ1v) is 7.36. The van der Waals surface area contributed by atoms with E-state index >= 15 is 0 Å². The van der Waals surface area contributed by atoms with Crippen LogP contribution in [0.2, 0.25) is 5.02 Å². The van der Waals surface area contributed by atoms with Gasteiger partial charge in [0.25, 0.3) is 0 Å². The first-order chi connectivity index (χ1) is 9.22. The Morgan fingerprint density at radius 3 is 2.50 bits per heavy atom. The van der Waals surface area contributed by atoms with Gasteiger partial charge >= 0.3 is 0 Å². The van der Waals surface area contributed by atoms with Crippen molar-refractivity contribution >= 4 is 29.9 Å². The quantitative estimate of drug-likeness (QED) is 0.910. The number of rotatable bonds is 2. The van der Waals surface area contributed by atoms with Gasteiger partial charge in [0.05, 0.1) is 5.41 Å². The molecule has 0 spiro atoms. The van der Waals surface area contributed by atoms with Crippen molar-refractivity contribution in [1.82, 2.24) is 10.2 Å². The lowest BCUT2D eigenvalue weighted by atomic mass is 9.94.